The van der Waals surface area contributed by atoms with E-state index in [2.05, 4.69) is 27.3 Å². The molecule has 0 spiro atoms. The van der Waals surface area contributed by atoms with E-state index in [-0.39, 0.29) is 5.91 Å². The van der Waals surface area contributed by atoms with Crippen LogP contribution in [0.3, 0.4) is 0 Å². The van der Waals surface area contributed by atoms with E-state index < -0.39 is 0 Å². The van der Waals surface area contributed by atoms with Crippen molar-refractivity contribution in [3.63, 3.8) is 0 Å². The predicted octanol–water partition coefficient (Wildman–Crippen LogP) is 2.08. The largest absolute Gasteiger partial charge is 0.489 e. The number of nitrogens with one attached hydrogen (secondary N) is 1. The molecule has 3 heterocycles. The van der Waals surface area contributed by atoms with Gasteiger partial charge in [-0.25, -0.2) is 0 Å². The summed E-state index contributed by atoms with van der Waals surface area (Å²) < 4.78 is 7.75. The number of hydrogen-bond donors (Lipinski definition) is 1. The van der Waals surface area contributed by atoms with Gasteiger partial charge in [0.05, 0.1) is 12.2 Å². The molecule has 27 heavy (non-hydrogen) atoms. The van der Waals surface area contributed by atoms with Crippen LogP contribution >= 0.6 is 0 Å². The van der Waals surface area contributed by atoms with E-state index in [1.807, 2.05) is 41.1 Å². The molecular formula is C20H23N5O2. The summed E-state index contributed by atoms with van der Waals surface area (Å²) >= 11 is 0. The Kier molecular flexibility index (Phi) is 5.02. The van der Waals surface area contributed by atoms with Gasteiger partial charge in [0.2, 0.25) is 0 Å². The maximum Gasteiger partial charge on any atom is 0.271 e. The zero-order valence-electron chi connectivity index (χ0n) is 15.4. The number of benzene rings is 1. The molecule has 1 amide bonds. The molecule has 0 bridgehead atoms. The summed E-state index contributed by atoms with van der Waals surface area (Å²) in [5.41, 5.74) is 2.37. The lowest BCUT2D eigenvalue weighted by atomic mass is 10.2. The molecule has 1 aromatic carbocycles. The van der Waals surface area contributed by atoms with Crippen molar-refractivity contribution in [3.8, 4) is 5.75 Å². The fourth-order valence-corrected chi connectivity index (χ4v) is 3.34. The van der Waals surface area contributed by atoms with Gasteiger partial charge in [-0.05, 0) is 31.7 Å². The Balaban J connectivity index is 1.33. The molecule has 0 aliphatic carbocycles. The van der Waals surface area contributed by atoms with Crippen molar-refractivity contribution >= 4 is 16.8 Å². The fraction of sp³-hybridized carbons (Fsp3) is 0.350. The minimum atomic E-state index is -0.169. The molecule has 0 atom stereocenters. The molecule has 0 saturated heterocycles. The number of fused-ring (bicyclic) bond motifs is 2. The van der Waals surface area contributed by atoms with Crippen molar-refractivity contribution in [2.24, 2.45) is 0 Å². The Bertz CT molecular complexity index is 947. The summed E-state index contributed by atoms with van der Waals surface area (Å²) in [5, 5.41) is 8.36. The SMILES string of the molecule is CN1CCCn2nc(C(=O)NCCOc3cccc4cccnc34)cc2C1. The van der Waals surface area contributed by atoms with E-state index in [1.165, 1.54) is 0 Å². The Hall–Kier alpha value is -2.93. The van der Waals surface area contributed by atoms with Crippen molar-refractivity contribution in [3.05, 3.63) is 54.0 Å². The maximum atomic E-state index is 12.4. The number of aromatic nitrogens is 3. The number of aryl methyl sites for hydroxylation is 1. The molecule has 3 aromatic rings. The topological polar surface area (TPSA) is 72.3 Å². The lowest BCUT2D eigenvalue weighted by Gasteiger charge is -2.10. The molecule has 7 heteroatoms. The minimum Gasteiger partial charge on any atom is -0.489 e. The molecular weight excluding hydrogens is 342 g/mol. The molecule has 0 radical (unpaired) electrons. The molecule has 1 aliphatic rings. The standard InChI is InChI=1S/C20H23N5O2/c1-24-10-4-11-25-16(14-24)13-17(23-25)20(26)22-9-12-27-18-7-2-5-15-6-3-8-21-19(15)18/h2-3,5-8,13H,4,9-12,14H2,1H3,(H,22,26). The number of hydrogen-bond acceptors (Lipinski definition) is 5. The summed E-state index contributed by atoms with van der Waals surface area (Å²) in [5.74, 6) is 0.553. The second-order valence-electron chi connectivity index (χ2n) is 6.77. The van der Waals surface area contributed by atoms with E-state index in [0.29, 0.717) is 18.8 Å². The van der Waals surface area contributed by atoms with Crippen LogP contribution in [0.5, 0.6) is 5.75 Å². The number of carbonyl (C=O) groups is 1. The second-order valence-corrected chi connectivity index (χ2v) is 6.77. The smallest absolute Gasteiger partial charge is 0.271 e. The van der Waals surface area contributed by atoms with E-state index in [0.717, 1.165) is 48.4 Å². The van der Waals surface area contributed by atoms with Gasteiger partial charge in [-0.3, -0.25) is 14.5 Å². The highest BCUT2D eigenvalue weighted by molar-refractivity contribution is 5.92. The van der Waals surface area contributed by atoms with E-state index in [4.69, 9.17) is 4.74 Å². The highest BCUT2D eigenvalue weighted by Crippen LogP contribution is 2.22. The lowest BCUT2D eigenvalue weighted by molar-refractivity contribution is 0.0941. The number of para-hydroxylation sites is 1. The van der Waals surface area contributed by atoms with Gasteiger partial charge >= 0.3 is 0 Å². The molecule has 0 fully saturated rings. The summed E-state index contributed by atoms with van der Waals surface area (Å²) in [6.07, 6.45) is 2.79. The Morgan fingerprint density at radius 2 is 2.15 bits per heavy atom. The van der Waals surface area contributed by atoms with E-state index >= 15 is 0 Å². The Morgan fingerprint density at radius 3 is 3.07 bits per heavy atom. The molecule has 4 rings (SSSR count). The number of pyridine rings is 1. The summed E-state index contributed by atoms with van der Waals surface area (Å²) in [6.45, 7) is 3.49. The van der Waals surface area contributed by atoms with Gasteiger partial charge < -0.3 is 15.0 Å². The van der Waals surface area contributed by atoms with Crippen LogP contribution in [0.25, 0.3) is 10.9 Å². The average Bonchev–Trinajstić information content (AvgIpc) is 2.99. The Labute approximate surface area is 157 Å². The zero-order valence-corrected chi connectivity index (χ0v) is 15.4. The molecule has 0 unspecified atom stereocenters. The average molecular weight is 365 g/mol. The van der Waals surface area contributed by atoms with Crippen molar-refractivity contribution in [2.45, 2.75) is 19.5 Å². The molecule has 1 aliphatic heterocycles. The van der Waals surface area contributed by atoms with Crippen molar-refractivity contribution in [1.29, 1.82) is 0 Å². The quantitative estimate of drug-likeness (QED) is 0.701. The number of carbonyl (C=O) groups excluding carboxylic acids is 1. The first kappa shape index (κ1) is 17.5. The molecule has 2 aromatic heterocycles. The second kappa shape index (κ2) is 7.75. The van der Waals surface area contributed by atoms with Crippen molar-refractivity contribution in [1.82, 2.24) is 25.0 Å². The van der Waals surface area contributed by atoms with Crippen LogP contribution in [0.4, 0.5) is 0 Å². The first-order valence-corrected chi connectivity index (χ1v) is 9.21. The maximum absolute atomic E-state index is 12.4. The first-order chi connectivity index (χ1) is 13.2. The van der Waals surface area contributed by atoms with E-state index in [9.17, 15) is 4.79 Å². The lowest BCUT2D eigenvalue weighted by Crippen LogP contribution is -2.28. The highest BCUT2D eigenvalue weighted by atomic mass is 16.5. The van der Waals surface area contributed by atoms with Crippen LogP contribution < -0.4 is 10.1 Å². The number of ether oxygens (including phenoxy) is 1. The van der Waals surface area contributed by atoms with Crippen LogP contribution in [0.2, 0.25) is 0 Å². The summed E-state index contributed by atoms with van der Waals surface area (Å²) in [4.78, 5) is 19.0. The molecule has 1 N–H and O–H groups in total. The third kappa shape index (κ3) is 3.93. The summed E-state index contributed by atoms with van der Waals surface area (Å²) in [6, 6.07) is 11.6. The Morgan fingerprint density at radius 1 is 1.26 bits per heavy atom. The van der Waals surface area contributed by atoms with E-state index in [1.54, 1.807) is 6.20 Å². The van der Waals surface area contributed by atoms with Gasteiger partial charge in [0.1, 0.15) is 23.6 Å². The van der Waals surface area contributed by atoms with Crippen LogP contribution in [0.1, 0.15) is 22.6 Å². The van der Waals surface area contributed by atoms with Gasteiger partial charge in [0.15, 0.2) is 0 Å². The molecule has 0 saturated carbocycles. The van der Waals surface area contributed by atoms with Gasteiger partial charge in [-0.15, -0.1) is 0 Å². The van der Waals surface area contributed by atoms with Gasteiger partial charge in [-0.2, -0.15) is 5.10 Å². The third-order valence-electron chi connectivity index (χ3n) is 4.68. The number of amides is 1. The van der Waals surface area contributed by atoms with Crippen molar-refractivity contribution < 1.29 is 9.53 Å². The van der Waals surface area contributed by atoms with Crippen LogP contribution in [0, 0.1) is 0 Å². The highest BCUT2D eigenvalue weighted by Gasteiger charge is 2.17. The third-order valence-corrected chi connectivity index (χ3v) is 4.68. The summed E-state index contributed by atoms with van der Waals surface area (Å²) in [7, 11) is 2.09. The number of rotatable bonds is 5. The van der Waals surface area contributed by atoms with Crippen LogP contribution in [0.15, 0.2) is 42.6 Å². The van der Waals surface area contributed by atoms with Crippen LogP contribution in [-0.2, 0) is 13.1 Å². The van der Waals surface area contributed by atoms with Gasteiger partial charge in [-0.1, -0.05) is 18.2 Å². The monoisotopic (exact) mass is 365 g/mol. The predicted molar refractivity (Wildman–Crippen MR) is 103 cm³/mol. The van der Waals surface area contributed by atoms with Crippen molar-refractivity contribution in [2.75, 3.05) is 26.7 Å². The normalized spacial score (nSPS) is 14.6. The first-order valence-electron chi connectivity index (χ1n) is 9.21. The minimum absolute atomic E-state index is 0.169. The molecule has 140 valence electrons. The fourth-order valence-electron chi connectivity index (χ4n) is 3.34. The number of nitrogens with zero attached hydrogens (tertiary/aromatic N) is 4. The zero-order chi connectivity index (χ0) is 18.6. The van der Waals surface area contributed by atoms with Gasteiger partial charge in [0.25, 0.3) is 5.91 Å². The molecule has 7 nitrogen and oxygen atoms in total. The van der Waals surface area contributed by atoms with Gasteiger partial charge in [0, 0.05) is 31.2 Å². The van der Waals surface area contributed by atoms with Crippen LogP contribution in [-0.4, -0.2) is 52.3 Å².